The number of nitrogens with zero attached hydrogens (tertiary/aromatic N) is 2. The van der Waals surface area contributed by atoms with Crippen LogP contribution in [0.2, 0.25) is 0 Å². The van der Waals surface area contributed by atoms with E-state index in [0.29, 0.717) is 5.92 Å². The maximum atomic E-state index is 10.7. The standard InChI is InChI=1S/C12H17N3O3/c1-8-4-2-3-5-10(8)18-12-7-9(15(16)17)6-11(13)14-12/h6-8,10H,2-5H2,1H3,(H2,13,14). The molecule has 6 nitrogen and oxygen atoms in total. The third-order valence-electron chi connectivity index (χ3n) is 3.32. The average molecular weight is 251 g/mol. The van der Waals surface area contributed by atoms with Gasteiger partial charge in [0.2, 0.25) is 5.88 Å². The van der Waals surface area contributed by atoms with Crippen LogP contribution in [0.25, 0.3) is 0 Å². The van der Waals surface area contributed by atoms with Gasteiger partial charge in [-0.3, -0.25) is 10.1 Å². The highest BCUT2D eigenvalue weighted by molar-refractivity contribution is 5.45. The van der Waals surface area contributed by atoms with Gasteiger partial charge >= 0.3 is 0 Å². The van der Waals surface area contributed by atoms with Gasteiger partial charge in [-0.1, -0.05) is 13.3 Å². The normalized spacial score (nSPS) is 23.6. The van der Waals surface area contributed by atoms with Crippen LogP contribution in [0.1, 0.15) is 32.6 Å². The molecule has 0 aliphatic heterocycles. The quantitative estimate of drug-likeness (QED) is 0.658. The molecule has 18 heavy (non-hydrogen) atoms. The van der Waals surface area contributed by atoms with E-state index in [1.165, 1.54) is 18.6 Å². The highest BCUT2D eigenvalue weighted by atomic mass is 16.6. The second-order valence-corrected chi connectivity index (χ2v) is 4.76. The molecule has 2 atom stereocenters. The number of aromatic nitrogens is 1. The summed E-state index contributed by atoms with van der Waals surface area (Å²) < 4.78 is 5.74. The number of nitrogen functional groups attached to an aromatic ring is 1. The Morgan fingerprint density at radius 3 is 2.83 bits per heavy atom. The van der Waals surface area contributed by atoms with Crippen molar-refractivity contribution >= 4 is 11.5 Å². The monoisotopic (exact) mass is 251 g/mol. The molecule has 1 aromatic rings. The van der Waals surface area contributed by atoms with Gasteiger partial charge in [-0.2, -0.15) is 4.98 Å². The molecule has 1 saturated carbocycles. The van der Waals surface area contributed by atoms with Crippen molar-refractivity contribution in [1.29, 1.82) is 0 Å². The summed E-state index contributed by atoms with van der Waals surface area (Å²) in [5.74, 6) is 0.809. The van der Waals surface area contributed by atoms with E-state index in [1.807, 2.05) is 0 Å². The zero-order chi connectivity index (χ0) is 13.1. The third kappa shape index (κ3) is 2.88. The van der Waals surface area contributed by atoms with Gasteiger partial charge in [0.1, 0.15) is 11.9 Å². The largest absolute Gasteiger partial charge is 0.474 e. The van der Waals surface area contributed by atoms with Gasteiger partial charge in [0.25, 0.3) is 5.69 Å². The van der Waals surface area contributed by atoms with Crippen LogP contribution < -0.4 is 10.5 Å². The summed E-state index contributed by atoms with van der Waals surface area (Å²) in [4.78, 5) is 14.2. The minimum atomic E-state index is -0.491. The Bertz CT molecular complexity index is 450. The summed E-state index contributed by atoms with van der Waals surface area (Å²) >= 11 is 0. The fourth-order valence-electron chi connectivity index (χ4n) is 2.29. The van der Waals surface area contributed by atoms with Crippen molar-refractivity contribution in [3.05, 3.63) is 22.2 Å². The van der Waals surface area contributed by atoms with Crippen molar-refractivity contribution in [3.63, 3.8) is 0 Å². The van der Waals surface area contributed by atoms with Crippen molar-refractivity contribution in [3.8, 4) is 5.88 Å². The fourth-order valence-corrected chi connectivity index (χ4v) is 2.29. The fraction of sp³-hybridized carbons (Fsp3) is 0.583. The molecule has 1 aromatic heterocycles. The SMILES string of the molecule is CC1CCCCC1Oc1cc([N+](=O)[O-])cc(N)n1. The highest BCUT2D eigenvalue weighted by Crippen LogP contribution is 2.29. The second-order valence-electron chi connectivity index (χ2n) is 4.76. The number of rotatable bonds is 3. The first kappa shape index (κ1) is 12.6. The van der Waals surface area contributed by atoms with Crippen LogP contribution in [0.3, 0.4) is 0 Å². The van der Waals surface area contributed by atoms with Gasteiger partial charge in [0.05, 0.1) is 17.1 Å². The van der Waals surface area contributed by atoms with Crippen molar-refractivity contribution in [2.24, 2.45) is 5.92 Å². The van der Waals surface area contributed by atoms with Gasteiger partial charge in [-0.05, 0) is 25.2 Å². The molecule has 0 spiro atoms. The lowest BCUT2D eigenvalue weighted by Crippen LogP contribution is -2.28. The first-order chi connectivity index (χ1) is 8.56. The van der Waals surface area contributed by atoms with Crippen LogP contribution in [0.4, 0.5) is 11.5 Å². The zero-order valence-electron chi connectivity index (χ0n) is 10.3. The lowest BCUT2D eigenvalue weighted by molar-refractivity contribution is -0.384. The van der Waals surface area contributed by atoms with Crippen LogP contribution in [-0.2, 0) is 0 Å². The van der Waals surface area contributed by atoms with E-state index in [0.717, 1.165) is 19.3 Å². The Morgan fingerprint density at radius 2 is 2.17 bits per heavy atom. The highest BCUT2D eigenvalue weighted by Gasteiger charge is 2.24. The summed E-state index contributed by atoms with van der Waals surface area (Å²) in [5, 5.41) is 10.7. The topological polar surface area (TPSA) is 91.3 Å². The molecule has 1 aliphatic rings. The predicted molar refractivity (Wildman–Crippen MR) is 67.4 cm³/mol. The molecule has 0 aromatic carbocycles. The zero-order valence-corrected chi connectivity index (χ0v) is 10.3. The Kier molecular flexibility index (Phi) is 3.64. The number of nitro groups is 1. The number of nitrogens with two attached hydrogens (primary N) is 1. The number of ether oxygens (including phenoxy) is 1. The maximum Gasteiger partial charge on any atom is 0.278 e. The van der Waals surface area contributed by atoms with E-state index < -0.39 is 4.92 Å². The van der Waals surface area contributed by atoms with E-state index in [2.05, 4.69) is 11.9 Å². The molecule has 2 rings (SSSR count). The summed E-state index contributed by atoms with van der Waals surface area (Å²) in [6, 6.07) is 2.56. The third-order valence-corrected chi connectivity index (χ3v) is 3.32. The minimum absolute atomic E-state index is 0.0765. The molecule has 0 radical (unpaired) electrons. The molecule has 98 valence electrons. The maximum absolute atomic E-state index is 10.7. The molecule has 0 amide bonds. The summed E-state index contributed by atoms with van der Waals surface area (Å²) in [6.45, 7) is 2.13. The molecule has 0 bridgehead atoms. The van der Waals surface area contributed by atoms with Crippen molar-refractivity contribution < 1.29 is 9.66 Å². The van der Waals surface area contributed by atoms with Crippen molar-refractivity contribution in [2.45, 2.75) is 38.7 Å². The van der Waals surface area contributed by atoms with Gasteiger partial charge in [-0.15, -0.1) is 0 Å². The van der Waals surface area contributed by atoms with Gasteiger partial charge in [0, 0.05) is 0 Å². The lowest BCUT2D eigenvalue weighted by atomic mass is 9.88. The van der Waals surface area contributed by atoms with Crippen LogP contribution in [0.15, 0.2) is 12.1 Å². The average Bonchev–Trinajstić information content (AvgIpc) is 2.31. The Hall–Kier alpha value is -1.85. The minimum Gasteiger partial charge on any atom is -0.474 e. The lowest BCUT2D eigenvalue weighted by Gasteiger charge is -2.28. The van der Waals surface area contributed by atoms with Crippen molar-refractivity contribution in [2.75, 3.05) is 5.73 Å². The summed E-state index contributed by atoms with van der Waals surface area (Å²) in [5.41, 5.74) is 5.46. The molecule has 0 saturated heterocycles. The predicted octanol–water partition coefficient (Wildman–Crippen LogP) is 2.53. The number of hydrogen-bond acceptors (Lipinski definition) is 5. The van der Waals surface area contributed by atoms with Crippen molar-refractivity contribution in [1.82, 2.24) is 4.98 Å². The summed E-state index contributed by atoms with van der Waals surface area (Å²) in [6.07, 6.45) is 4.50. The van der Waals surface area contributed by atoms with E-state index >= 15 is 0 Å². The molecule has 2 unspecified atom stereocenters. The first-order valence-corrected chi connectivity index (χ1v) is 6.15. The van der Waals surface area contributed by atoms with E-state index in [9.17, 15) is 10.1 Å². The Labute approximate surface area is 105 Å². The van der Waals surface area contributed by atoms with E-state index in [-0.39, 0.29) is 23.5 Å². The molecule has 1 fully saturated rings. The smallest absolute Gasteiger partial charge is 0.278 e. The Balaban J connectivity index is 2.15. The molecular weight excluding hydrogens is 234 g/mol. The molecule has 1 heterocycles. The molecule has 2 N–H and O–H groups in total. The van der Waals surface area contributed by atoms with E-state index in [1.54, 1.807) is 0 Å². The van der Waals surface area contributed by atoms with E-state index in [4.69, 9.17) is 10.5 Å². The Morgan fingerprint density at radius 1 is 1.44 bits per heavy atom. The second kappa shape index (κ2) is 5.20. The number of pyridine rings is 1. The molecule has 1 aliphatic carbocycles. The van der Waals surface area contributed by atoms with Gasteiger partial charge in [0.15, 0.2) is 0 Å². The summed E-state index contributed by atoms with van der Waals surface area (Å²) in [7, 11) is 0. The first-order valence-electron chi connectivity index (χ1n) is 6.15. The van der Waals surface area contributed by atoms with Gasteiger partial charge in [-0.25, -0.2) is 0 Å². The van der Waals surface area contributed by atoms with Crippen LogP contribution in [0.5, 0.6) is 5.88 Å². The van der Waals surface area contributed by atoms with Crippen LogP contribution in [0, 0.1) is 16.0 Å². The molecular formula is C12H17N3O3. The van der Waals surface area contributed by atoms with Crippen LogP contribution >= 0.6 is 0 Å². The van der Waals surface area contributed by atoms with Gasteiger partial charge < -0.3 is 10.5 Å². The molecule has 6 heteroatoms. The van der Waals surface area contributed by atoms with Crippen LogP contribution in [-0.4, -0.2) is 16.0 Å². The number of anilines is 1. The number of hydrogen-bond donors (Lipinski definition) is 1.